The molecule has 2 N–H and O–H groups in total. The van der Waals surface area contributed by atoms with E-state index in [4.69, 9.17) is 5.73 Å². The fourth-order valence-electron chi connectivity index (χ4n) is 2.91. The van der Waals surface area contributed by atoms with Crippen LogP contribution >= 0.6 is 0 Å². The highest BCUT2D eigenvalue weighted by molar-refractivity contribution is 5.97. The van der Waals surface area contributed by atoms with Crippen molar-refractivity contribution in [3.05, 3.63) is 53.6 Å². The number of aryl methyl sites for hydroxylation is 2. The standard InChI is InChI=1S/C16H13N3/c17-16-18-13-7-3-5-11-9-8-10-4-1-2-6-12(10)15(19-16)14(11)13/h1-7H,8-9H2,(H2,17,18,19). The third kappa shape index (κ3) is 1.51. The number of hydrogen-bond donors (Lipinski definition) is 1. The van der Waals surface area contributed by atoms with Crippen LogP contribution in [0.25, 0.3) is 22.2 Å². The number of nitrogens with two attached hydrogens (primary N) is 1. The molecule has 0 aliphatic heterocycles. The first-order chi connectivity index (χ1) is 9.33. The topological polar surface area (TPSA) is 51.8 Å². The number of rotatable bonds is 0. The summed E-state index contributed by atoms with van der Waals surface area (Å²) in [6.07, 6.45) is 2.06. The van der Waals surface area contributed by atoms with E-state index in [1.807, 2.05) is 12.1 Å². The van der Waals surface area contributed by atoms with Gasteiger partial charge in [-0.05, 0) is 30.0 Å². The van der Waals surface area contributed by atoms with Gasteiger partial charge < -0.3 is 5.73 Å². The Labute approximate surface area is 111 Å². The van der Waals surface area contributed by atoms with Crippen molar-refractivity contribution in [2.75, 3.05) is 5.73 Å². The monoisotopic (exact) mass is 247 g/mol. The molecule has 1 aromatic heterocycles. The third-order valence-corrected chi connectivity index (χ3v) is 3.76. The largest absolute Gasteiger partial charge is 0.368 e. The molecule has 0 spiro atoms. The van der Waals surface area contributed by atoms with Gasteiger partial charge in [-0.2, -0.15) is 0 Å². The Balaban J connectivity index is 2.20. The molecule has 4 rings (SSSR count). The molecule has 0 saturated heterocycles. The van der Waals surface area contributed by atoms with Crippen molar-refractivity contribution < 1.29 is 0 Å². The van der Waals surface area contributed by atoms with E-state index in [0.717, 1.165) is 29.4 Å². The number of nitrogen functional groups attached to an aromatic ring is 1. The lowest BCUT2D eigenvalue weighted by atomic mass is 10.0. The van der Waals surface area contributed by atoms with Crippen LogP contribution in [0.2, 0.25) is 0 Å². The first kappa shape index (κ1) is 10.5. The Hall–Kier alpha value is -2.42. The van der Waals surface area contributed by atoms with Gasteiger partial charge in [0.2, 0.25) is 5.95 Å². The van der Waals surface area contributed by atoms with Gasteiger partial charge in [0.15, 0.2) is 0 Å². The highest BCUT2D eigenvalue weighted by Gasteiger charge is 2.18. The first-order valence-corrected chi connectivity index (χ1v) is 6.46. The number of anilines is 1. The number of aromatic nitrogens is 2. The Morgan fingerprint density at radius 2 is 1.63 bits per heavy atom. The molecule has 19 heavy (non-hydrogen) atoms. The summed E-state index contributed by atoms with van der Waals surface area (Å²) in [5.41, 5.74) is 11.6. The number of benzene rings is 2. The molecule has 1 aliphatic rings. The van der Waals surface area contributed by atoms with Gasteiger partial charge >= 0.3 is 0 Å². The molecule has 3 nitrogen and oxygen atoms in total. The van der Waals surface area contributed by atoms with Crippen LogP contribution < -0.4 is 5.73 Å². The van der Waals surface area contributed by atoms with Crippen LogP contribution in [0.3, 0.4) is 0 Å². The van der Waals surface area contributed by atoms with Gasteiger partial charge in [-0.15, -0.1) is 0 Å². The quantitative estimate of drug-likeness (QED) is 0.664. The molecule has 1 aliphatic carbocycles. The summed E-state index contributed by atoms with van der Waals surface area (Å²) in [7, 11) is 0. The molecular formula is C16H13N3. The Kier molecular flexibility index (Phi) is 2.09. The Morgan fingerprint density at radius 1 is 0.842 bits per heavy atom. The molecule has 3 aromatic rings. The van der Waals surface area contributed by atoms with Gasteiger partial charge in [0, 0.05) is 10.9 Å². The summed E-state index contributed by atoms with van der Waals surface area (Å²) in [4.78, 5) is 8.86. The smallest absolute Gasteiger partial charge is 0.221 e. The zero-order chi connectivity index (χ0) is 12.8. The third-order valence-electron chi connectivity index (χ3n) is 3.76. The molecule has 3 heteroatoms. The summed E-state index contributed by atoms with van der Waals surface area (Å²) in [6, 6.07) is 14.6. The van der Waals surface area contributed by atoms with Crippen molar-refractivity contribution >= 4 is 16.9 Å². The van der Waals surface area contributed by atoms with E-state index in [1.165, 1.54) is 16.7 Å². The molecule has 0 bridgehead atoms. The second kappa shape index (κ2) is 3.79. The van der Waals surface area contributed by atoms with E-state index in [9.17, 15) is 0 Å². The van der Waals surface area contributed by atoms with Crippen LogP contribution in [0.1, 0.15) is 11.1 Å². The maximum Gasteiger partial charge on any atom is 0.221 e. The zero-order valence-corrected chi connectivity index (χ0v) is 10.4. The van der Waals surface area contributed by atoms with Gasteiger partial charge in [0.05, 0.1) is 11.2 Å². The van der Waals surface area contributed by atoms with E-state index in [1.54, 1.807) is 0 Å². The van der Waals surface area contributed by atoms with Crippen molar-refractivity contribution in [3.8, 4) is 11.3 Å². The fourth-order valence-corrected chi connectivity index (χ4v) is 2.91. The van der Waals surface area contributed by atoms with Gasteiger partial charge in [-0.25, -0.2) is 9.97 Å². The highest BCUT2D eigenvalue weighted by Crippen LogP contribution is 2.35. The van der Waals surface area contributed by atoms with Crippen LogP contribution in [-0.4, -0.2) is 9.97 Å². The molecule has 2 aromatic carbocycles. The lowest BCUT2D eigenvalue weighted by molar-refractivity contribution is 0.978. The lowest BCUT2D eigenvalue weighted by Crippen LogP contribution is -1.99. The van der Waals surface area contributed by atoms with Crippen molar-refractivity contribution in [1.29, 1.82) is 0 Å². The van der Waals surface area contributed by atoms with Gasteiger partial charge in [-0.3, -0.25) is 0 Å². The summed E-state index contributed by atoms with van der Waals surface area (Å²) in [5.74, 6) is 0.344. The summed E-state index contributed by atoms with van der Waals surface area (Å²) in [5, 5.41) is 1.15. The minimum atomic E-state index is 0.344. The average Bonchev–Trinajstić information content (AvgIpc) is 2.59. The lowest BCUT2D eigenvalue weighted by Gasteiger charge is -2.09. The van der Waals surface area contributed by atoms with Gasteiger partial charge in [0.25, 0.3) is 0 Å². The van der Waals surface area contributed by atoms with E-state index < -0.39 is 0 Å². The minimum absolute atomic E-state index is 0.344. The zero-order valence-electron chi connectivity index (χ0n) is 10.4. The van der Waals surface area contributed by atoms with Gasteiger partial charge in [-0.1, -0.05) is 36.4 Å². The highest BCUT2D eigenvalue weighted by atomic mass is 15.0. The van der Waals surface area contributed by atoms with Crippen molar-refractivity contribution in [2.45, 2.75) is 12.8 Å². The summed E-state index contributed by atoms with van der Waals surface area (Å²) >= 11 is 0. The maximum absolute atomic E-state index is 5.86. The SMILES string of the molecule is Nc1nc2c3c(cccc3n1)CCc1ccccc1-2. The molecule has 0 fully saturated rings. The number of nitrogens with zero attached hydrogens (tertiary/aromatic N) is 2. The second-order valence-corrected chi connectivity index (χ2v) is 4.90. The van der Waals surface area contributed by atoms with Crippen molar-refractivity contribution in [3.63, 3.8) is 0 Å². The Bertz CT molecular complexity index is 793. The predicted octanol–water partition coefficient (Wildman–Crippen LogP) is 2.98. The molecule has 92 valence electrons. The van der Waals surface area contributed by atoms with Gasteiger partial charge in [0.1, 0.15) is 0 Å². The van der Waals surface area contributed by atoms with Crippen LogP contribution in [0.5, 0.6) is 0 Å². The van der Waals surface area contributed by atoms with Crippen molar-refractivity contribution in [2.24, 2.45) is 0 Å². The normalized spacial score (nSPS) is 13.1. The van der Waals surface area contributed by atoms with E-state index in [-0.39, 0.29) is 0 Å². The summed E-state index contributed by atoms with van der Waals surface area (Å²) < 4.78 is 0. The molecule has 0 saturated carbocycles. The average molecular weight is 247 g/mol. The maximum atomic E-state index is 5.86. The molecule has 0 amide bonds. The van der Waals surface area contributed by atoms with E-state index >= 15 is 0 Å². The first-order valence-electron chi connectivity index (χ1n) is 6.46. The molecular weight excluding hydrogens is 234 g/mol. The van der Waals surface area contributed by atoms with Crippen LogP contribution in [-0.2, 0) is 12.8 Å². The molecule has 0 unspecified atom stereocenters. The predicted molar refractivity (Wildman–Crippen MR) is 76.8 cm³/mol. The second-order valence-electron chi connectivity index (χ2n) is 4.90. The molecule has 0 atom stereocenters. The minimum Gasteiger partial charge on any atom is -0.368 e. The van der Waals surface area contributed by atoms with Crippen LogP contribution in [0, 0.1) is 0 Å². The molecule has 0 radical (unpaired) electrons. The van der Waals surface area contributed by atoms with Crippen LogP contribution in [0.15, 0.2) is 42.5 Å². The van der Waals surface area contributed by atoms with E-state index in [2.05, 4.69) is 40.3 Å². The van der Waals surface area contributed by atoms with Crippen molar-refractivity contribution in [1.82, 2.24) is 9.97 Å². The number of hydrogen-bond acceptors (Lipinski definition) is 3. The molecule has 1 heterocycles. The Morgan fingerprint density at radius 3 is 2.58 bits per heavy atom. The van der Waals surface area contributed by atoms with E-state index in [0.29, 0.717) is 5.95 Å². The summed E-state index contributed by atoms with van der Waals surface area (Å²) in [6.45, 7) is 0. The van der Waals surface area contributed by atoms with Crippen LogP contribution in [0.4, 0.5) is 5.95 Å². The number of fused-ring (bicyclic) bond motifs is 2. The fraction of sp³-hybridized carbons (Fsp3) is 0.125.